The standard InChI is InChI=1S/C17H28N4.HI/c1-3-21-12-4-5-16(21)13-20-17(18)19-11-10-15-8-6-14(2)7-9-15;/h6-9,16H,3-5,10-13H2,1-2H3,(H3,18,19,20);1H. The molecule has 1 aromatic carbocycles. The van der Waals surface area contributed by atoms with Gasteiger partial charge in [0.15, 0.2) is 5.96 Å². The summed E-state index contributed by atoms with van der Waals surface area (Å²) in [4.78, 5) is 6.98. The molecule has 0 aliphatic carbocycles. The van der Waals surface area contributed by atoms with Crippen LogP contribution >= 0.6 is 24.0 Å². The normalized spacial score (nSPS) is 19.0. The van der Waals surface area contributed by atoms with E-state index in [9.17, 15) is 0 Å². The molecule has 0 aromatic heterocycles. The van der Waals surface area contributed by atoms with Gasteiger partial charge < -0.3 is 11.1 Å². The molecule has 124 valence electrons. The van der Waals surface area contributed by atoms with E-state index in [1.54, 1.807) is 0 Å². The fraction of sp³-hybridized carbons (Fsp3) is 0.588. The van der Waals surface area contributed by atoms with Gasteiger partial charge >= 0.3 is 0 Å². The zero-order valence-electron chi connectivity index (χ0n) is 13.7. The van der Waals surface area contributed by atoms with Crippen molar-refractivity contribution in [2.24, 2.45) is 10.7 Å². The van der Waals surface area contributed by atoms with Crippen molar-refractivity contribution < 1.29 is 0 Å². The molecule has 1 aliphatic heterocycles. The Morgan fingerprint density at radius 3 is 2.77 bits per heavy atom. The molecule has 1 aromatic rings. The highest BCUT2D eigenvalue weighted by molar-refractivity contribution is 14.0. The predicted octanol–water partition coefficient (Wildman–Crippen LogP) is 2.54. The second-order valence-corrected chi connectivity index (χ2v) is 5.81. The molecule has 2 rings (SSSR count). The fourth-order valence-electron chi connectivity index (χ4n) is 2.87. The van der Waals surface area contributed by atoms with Crippen LogP contribution in [0, 0.1) is 6.92 Å². The van der Waals surface area contributed by atoms with E-state index in [0.29, 0.717) is 12.0 Å². The lowest BCUT2D eigenvalue weighted by Gasteiger charge is -2.20. The molecule has 5 heteroatoms. The first-order valence-electron chi connectivity index (χ1n) is 8.02. The summed E-state index contributed by atoms with van der Waals surface area (Å²) in [7, 11) is 0. The molecule has 1 atom stereocenters. The monoisotopic (exact) mass is 416 g/mol. The summed E-state index contributed by atoms with van der Waals surface area (Å²) in [6.45, 7) is 8.29. The molecule has 4 nitrogen and oxygen atoms in total. The number of hydrogen-bond donors (Lipinski definition) is 2. The predicted molar refractivity (Wildman–Crippen MR) is 105 cm³/mol. The van der Waals surface area contributed by atoms with Crippen LogP contribution in [-0.4, -0.2) is 43.1 Å². The van der Waals surface area contributed by atoms with Crippen molar-refractivity contribution in [1.29, 1.82) is 0 Å². The van der Waals surface area contributed by atoms with E-state index in [0.717, 1.165) is 26.1 Å². The van der Waals surface area contributed by atoms with Gasteiger partial charge in [-0.1, -0.05) is 36.8 Å². The van der Waals surface area contributed by atoms with Crippen molar-refractivity contribution >= 4 is 29.9 Å². The van der Waals surface area contributed by atoms with Gasteiger partial charge in [-0.05, 0) is 44.8 Å². The Morgan fingerprint density at radius 1 is 1.36 bits per heavy atom. The van der Waals surface area contributed by atoms with Crippen LogP contribution in [0.15, 0.2) is 29.3 Å². The number of hydrogen-bond acceptors (Lipinski definition) is 2. The molecule has 22 heavy (non-hydrogen) atoms. The van der Waals surface area contributed by atoms with Crippen LogP contribution in [0.4, 0.5) is 0 Å². The Morgan fingerprint density at radius 2 is 2.09 bits per heavy atom. The number of rotatable bonds is 6. The SMILES string of the molecule is CCN1CCCC1CN=C(N)NCCc1ccc(C)cc1.I. The van der Waals surface area contributed by atoms with Crippen molar-refractivity contribution in [2.75, 3.05) is 26.2 Å². The highest BCUT2D eigenvalue weighted by Gasteiger charge is 2.22. The molecule has 0 bridgehead atoms. The second-order valence-electron chi connectivity index (χ2n) is 5.81. The topological polar surface area (TPSA) is 53.6 Å². The molecule has 0 spiro atoms. The number of aliphatic imine (C=N–C) groups is 1. The Kier molecular flexibility index (Phi) is 8.78. The highest BCUT2D eigenvalue weighted by atomic mass is 127. The van der Waals surface area contributed by atoms with Crippen molar-refractivity contribution in [1.82, 2.24) is 10.2 Å². The summed E-state index contributed by atoms with van der Waals surface area (Å²) < 4.78 is 0. The van der Waals surface area contributed by atoms with Gasteiger partial charge in [0.1, 0.15) is 0 Å². The van der Waals surface area contributed by atoms with Crippen molar-refractivity contribution in [3.63, 3.8) is 0 Å². The first kappa shape index (κ1) is 19.2. The number of nitrogens with one attached hydrogen (secondary N) is 1. The van der Waals surface area contributed by atoms with Gasteiger partial charge in [0.2, 0.25) is 0 Å². The van der Waals surface area contributed by atoms with E-state index in [-0.39, 0.29) is 24.0 Å². The number of nitrogens with zero attached hydrogens (tertiary/aromatic N) is 2. The average Bonchev–Trinajstić information content (AvgIpc) is 2.95. The molecule has 1 aliphatic rings. The molecule has 3 N–H and O–H groups in total. The van der Waals surface area contributed by atoms with Crippen LogP contribution in [0.3, 0.4) is 0 Å². The molecule has 1 heterocycles. The minimum Gasteiger partial charge on any atom is -0.370 e. The van der Waals surface area contributed by atoms with Gasteiger partial charge in [0, 0.05) is 12.6 Å². The van der Waals surface area contributed by atoms with Gasteiger partial charge in [-0.15, -0.1) is 24.0 Å². The van der Waals surface area contributed by atoms with Crippen molar-refractivity contribution in [3.05, 3.63) is 35.4 Å². The van der Waals surface area contributed by atoms with Gasteiger partial charge in [0.05, 0.1) is 6.54 Å². The van der Waals surface area contributed by atoms with E-state index in [1.165, 1.54) is 30.5 Å². The van der Waals surface area contributed by atoms with Crippen LogP contribution < -0.4 is 11.1 Å². The maximum Gasteiger partial charge on any atom is 0.188 e. The molecule has 1 saturated heterocycles. The molecule has 1 fully saturated rings. The fourth-order valence-corrected chi connectivity index (χ4v) is 2.87. The minimum atomic E-state index is 0. The zero-order chi connectivity index (χ0) is 15.1. The lowest BCUT2D eigenvalue weighted by molar-refractivity contribution is 0.273. The number of likely N-dealkylation sites (N-methyl/N-ethyl adjacent to an activating group) is 1. The third-order valence-corrected chi connectivity index (χ3v) is 4.22. The third kappa shape index (κ3) is 6.12. The Bertz CT molecular complexity index is 458. The summed E-state index contributed by atoms with van der Waals surface area (Å²) in [6.07, 6.45) is 3.50. The van der Waals surface area contributed by atoms with E-state index in [4.69, 9.17) is 5.73 Å². The van der Waals surface area contributed by atoms with Crippen LogP contribution in [0.2, 0.25) is 0 Å². The highest BCUT2D eigenvalue weighted by Crippen LogP contribution is 2.16. The van der Waals surface area contributed by atoms with E-state index in [2.05, 4.69) is 53.3 Å². The Hall–Kier alpha value is -0.820. The summed E-state index contributed by atoms with van der Waals surface area (Å²) in [5, 5.41) is 3.21. The first-order chi connectivity index (χ1) is 10.2. The molecule has 1 unspecified atom stereocenters. The third-order valence-electron chi connectivity index (χ3n) is 4.22. The second kappa shape index (κ2) is 10.0. The lowest BCUT2D eigenvalue weighted by atomic mass is 10.1. The van der Waals surface area contributed by atoms with Crippen LogP contribution in [0.25, 0.3) is 0 Å². The van der Waals surface area contributed by atoms with Crippen LogP contribution in [-0.2, 0) is 6.42 Å². The zero-order valence-corrected chi connectivity index (χ0v) is 16.0. The summed E-state index contributed by atoms with van der Waals surface area (Å²) in [5.41, 5.74) is 8.57. The molecule has 0 radical (unpaired) electrons. The van der Waals surface area contributed by atoms with E-state index in [1.807, 2.05) is 0 Å². The Balaban J connectivity index is 0.00000242. The number of benzene rings is 1. The maximum atomic E-state index is 5.95. The minimum absolute atomic E-state index is 0. The number of nitrogens with two attached hydrogens (primary N) is 1. The summed E-state index contributed by atoms with van der Waals surface area (Å²) in [5.74, 6) is 0.574. The number of halogens is 1. The number of aryl methyl sites for hydroxylation is 1. The van der Waals surface area contributed by atoms with Gasteiger partial charge in [-0.2, -0.15) is 0 Å². The average molecular weight is 416 g/mol. The van der Waals surface area contributed by atoms with Gasteiger partial charge in [0.25, 0.3) is 0 Å². The van der Waals surface area contributed by atoms with Gasteiger partial charge in [-0.25, -0.2) is 0 Å². The van der Waals surface area contributed by atoms with Crippen LogP contribution in [0.5, 0.6) is 0 Å². The van der Waals surface area contributed by atoms with E-state index < -0.39 is 0 Å². The number of likely N-dealkylation sites (tertiary alicyclic amines) is 1. The number of guanidine groups is 1. The molecule has 0 amide bonds. The van der Waals surface area contributed by atoms with E-state index >= 15 is 0 Å². The lowest BCUT2D eigenvalue weighted by Crippen LogP contribution is -2.36. The summed E-state index contributed by atoms with van der Waals surface area (Å²) in [6, 6.07) is 9.20. The molecular formula is C17H29IN4. The van der Waals surface area contributed by atoms with Crippen molar-refractivity contribution in [2.45, 2.75) is 39.2 Å². The summed E-state index contributed by atoms with van der Waals surface area (Å²) >= 11 is 0. The molecular weight excluding hydrogens is 387 g/mol. The smallest absolute Gasteiger partial charge is 0.188 e. The first-order valence-corrected chi connectivity index (χ1v) is 8.02. The Labute approximate surface area is 151 Å². The largest absolute Gasteiger partial charge is 0.370 e. The van der Waals surface area contributed by atoms with Crippen LogP contribution in [0.1, 0.15) is 30.9 Å². The van der Waals surface area contributed by atoms with Crippen molar-refractivity contribution in [3.8, 4) is 0 Å². The molecule has 0 saturated carbocycles. The maximum absolute atomic E-state index is 5.95. The quantitative estimate of drug-likeness (QED) is 0.426. The van der Waals surface area contributed by atoms with Gasteiger partial charge in [-0.3, -0.25) is 9.89 Å².